The van der Waals surface area contributed by atoms with E-state index < -0.39 is 0 Å². The highest BCUT2D eigenvalue weighted by Gasteiger charge is 1.32. The number of nitrogens with two attached hydrogens (primary N) is 1. The van der Waals surface area contributed by atoms with E-state index in [9.17, 15) is 0 Å². The van der Waals surface area contributed by atoms with Crippen molar-refractivity contribution in [1.82, 2.24) is 0 Å². The Bertz CT molecular complexity index is 26.9. The molecule has 0 aliphatic heterocycles. The fourth-order valence-corrected chi connectivity index (χ4v) is 0. The smallest absolute Gasteiger partial charge is 0.0106 e. The molecule has 0 saturated heterocycles. The van der Waals surface area contributed by atoms with E-state index in [2.05, 4.69) is 13.2 Å². The van der Waals surface area contributed by atoms with Gasteiger partial charge in [-0.2, -0.15) is 0 Å². The largest absolute Gasteiger partial charge is 0.405 e. The van der Waals surface area contributed by atoms with Crippen LogP contribution in [0.2, 0.25) is 0 Å². The maximum Gasteiger partial charge on any atom is -0.0106 e. The fraction of sp³-hybridized carbons (Fsp3) is 0.200. The van der Waals surface area contributed by atoms with Gasteiger partial charge in [0.05, 0.1) is 0 Å². The highest BCUT2D eigenvalue weighted by Crippen LogP contribution is 1.47. The van der Waals surface area contributed by atoms with Crippen molar-refractivity contribution in [1.29, 1.82) is 0 Å². The molecule has 0 spiro atoms. The molecule has 0 aromatic carbocycles. The van der Waals surface area contributed by atoms with Crippen molar-refractivity contribution in [2.75, 3.05) is 0 Å². The third kappa shape index (κ3) is 217. The van der Waals surface area contributed by atoms with Gasteiger partial charge in [0.15, 0.2) is 0 Å². The van der Waals surface area contributed by atoms with Gasteiger partial charge in [-0.15, -0.1) is 13.2 Å². The predicted octanol–water partition coefficient (Wildman–Crippen LogP) is 1.28. The zero-order valence-corrected chi connectivity index (χ0v) is 4.15. The van der Waals surface area contributed by atoms with E-state index in [1.165, 1.54) is 6.20 Å². The second kappa shape index (κ2) is 28.1. The average molecular weight is 85.2 g/mol. The van der Waals surface area contributed by atoms with Gasteiger partial charge in [0.25, 0.3) is 0 Å². The second-order valence-corrected chi connectivity index (χ2v) is 0.526. The first-order valence-electron chi connectivity index (χ1n) is 1.74. The van der Waals surface area contributed by atoms with E-state index in [-0.39, 0.29) is 0 Å². The third-order valence-corrected chi connectivity index (χ3v) is 0.192. The van der Waals surface area contributed by atoms with E-state index in [0.717, 1.165) is 0 Å². The summed E-state index contributed by atoms with van der Waals surface area (Å²) < 4.78 is 0. The summed E-state index contributed by atoms with van der Waals surface area (Å²) in [6, 6.07) is 0. The minimum atomic E-state index is 1.50. The predicted molar refractivity (Wildman–Crippen MR) is 30.3 cm³/mol. The van der Waals surface area contributed by atoms with Crippen LogP contribution >= 0.6 is 0 Å². The quantitative estimate of drug-likeness (QED) is 0.440. The fourth-order valence-electron chi connectivity index (χ4n) is 0. The van der Waals surface area contributed by atoms with Crippen molar-refractivity contribution in [2.24, 2.45) is 5.73 Å². The molecule has 0 aromatic heterocycles. The molecule has 2 N–H and O–H groups in total. The lowest BCUT2D eigenvalue weighted by molar-refractivity contribution is 1.55. The van der Waals surface area contributed by atoms with Crippen molar-refractivity contribution >= 4 is 0 Å². The summed E-state index contributed by atoms with van der Waals surface area (Å²) in [6.07, 6.45) is 3.28. The summed E-state index contributed by atoms with van der Waals surface area (Å²) in [7, 11) is 0. The molecule has 0 radical (unpaired) electrons. The summed E-state index contributed by atoms with van der Waals surface area (Å²) in [4.78, 5) is 0. The van der Waals surface area contributed by atoms with Crippen molar-refractivity contribution in [3.8, 4) is 0 Å². The topological polar surface area (TPSA) is 26.0 Å². The minimum absolute atomic E-state index is 1.50. The van der Waals surface area contributed by atoms with E-state index in [4.69, 9.17) is 5.73 Å². The average Bonchev–Trinajstić information content (AvgIpc) is 1.72. The van der Waals surface area contributed by atoms with Gasteiger partial charge in [-0.1, -0.05) is 6.08 Å². The molecule has 0 rings (SSSR count). The first kappa shape index (κ1) is 8.99. The van der Waals surface area contributed by atoms with Crippen LogP contribution in [0.15, 0.2) is 25.4 Å². The van der Waals surface area contributed by atoms with Crippen molar-refractivity contribution in [3.63, 3.8) is 0 Å². The van der Waals surface area contributed by atoms with Crippen molar-refractivity contribution < 1.29 is 0 Å². The summed E-state index contributed by atoms with van der Waals surface area (Å²) in [6.45, 7) is 7.88. The molecular weight excluding hydrogens is 74.1 g/mol. The maximum atomic E-state index is 4.85. The molecule has 0 saturated carbocycles. The van der Waals surface area contributed by atoms with Gasteiger partial charge in [0.2, 0.25) is 0 Å². The first-order chi connectivity index (χ1) is 2.91. The number of rotatable bonds is 0. The van der Waals surface area contributed by atoms with Gasteiger partial charge in [0, 0.05) is 0 Å². The van der Waals surface area contributed by atoms with Crippen LogP contribution in [0.25, 0.3) is 0 Å². The Morgan fingerprint density at radius 3 is 1.67 bits per heavy atom. The molecule has 0 aromatic rings. The van der Waals surface area contributed by atoms with Gasteiger partial charge >= 0.3 is 0 Å². The Balaban J connectivity index is 0. The van der Waals surface area contributed by atoms with Gasteiger partial charge in [-0.05, 0) is 13.1 Å². The molecule has 1 heteroatoms. The highest BCUT2D eigenvalue weighted by molar-refractivity contribution is 4.66. The van der Waals surface area contributed by atoms with Crippen LogP contribution in [0.4, 0.5) is 0 Å². The number of allylic oxidation sites excluding steroid dienone is 1. The molecule has 1 nitrogen and oxygen atoms in total. The van der Waals surface area contributed by atoms with Crippen molar-refractivity contribution in [2.45, 2.75) is 6.92 Å². The van der Waals surface area contributed by atoms with Crippen LogP contribution in [0.3, 0.4) is 0 Å². The standard InChI is InChI=1S/C3H7N.C2H4/c1-2-3-4;1-2/h2-3H,4H2,1H3;1-2H2/b3-2-;. The van der Waals surface area contributed by atoms with E-state index in [1.54, 1.807) is 6.08 Å². The van der Waals surface area contributed by atoms with Crippen LogP contribution in [0, 0.1) is 0 Å². The first-order valence-corrected chi connectivity index (χ1v) is 1.74. The summed E-state index contributed by atoms with van der Waals surface area (Å²) >= 11 is 0. The monoisotopic (exact) mass is 85.1 g/mol. The number of hydrogen-bond donors (Lipinski definition) is 1. The lowest BCUT2D eigenvalue weighted by Crippen LogP contribution is -1.70. The van der Waals surface area contributed by atoms with Crippen LogP contribution in [0.1, 0.15) is 6.92 Å². The van der Waals surface area contributed by atoms with Gasteiger partial charge < -0.3 is 5.73 Å². The Hall–Kier alpha value is -0.720. The summed E-state index contributed by atoms with van der Waals surface area (Å²) in [5.41, 5.74) is 4.85. The molecule has 0 unspecified atom stereocenters. The normalized spacial score (nSPS) is 6.83. The second-order valence-electron chi connectivity index (χ2n) is 0.526. The Labute approximate surface area is 39.2 Å². The van der Waals surface area contributed by atoms with E-state index >= 15 is 0 Å². The van der Waals surface area contributed by atoms with Gasteiger partial charge in [-0.25, -0.2) is 0 Å². The molecule has 0 amide bonds. The van der Waals surface area contributed by atoms with Gasteiger partial charge in [0.1, 0.15) is 0 Å². The minimum Gasteiger partial charge on any atom is -0.405 e. The zero-order valence-electron chi connectivity index (χ0n) is 4.15. The zero-order chi connectivity index (χ0) is 5.41. The highest BCUT2D eigenvalue weighted by atomic mass is 14.5. The van der Waals surface area contributed by atoms with E-state index in [1.807, 2.05) is 6.92 Å². The van der Waals surface area contributed by atoms with Crippen LogP contribution in [0.5, 0.6) is 0 Å². The molecule has 0 aliphatic rings. The SMILES string of the molecule is C/C=C\N.C=C. The lowest BCUT2D eigenvalue weighted by Gasteiger charge is -1.53. The summed E-state index contributed by atoms with van der Waals surface area (Å²) in [5.74, 6) is 0. The van der Waals surface area contributed by atoms with Crippen LogP contribution in [-0.2, 0) is 0 Å². The molecule has 0 fully saturated rings. The molecule has 0 aliphatic carbocycles. The molecule has 6 heavy (non-hydrogen) atoms. The van der Waals surface area contributed by atoms with Crippen molar-refractivity contribution in [3.05, 3.63) is 25.4 Å². The number of hydrogen-bond acceptors (Lipinski definition) is 1. The Kier molecular flexibility index (Phi) is 42.1. The van der Waals surface area contributed by atoms with Gasteiger partial charge in [-0.3, -0.25) is 0 Å². The third-order valence-electron chi connectivity index (χ3n) is 0.192. The van der Waals surface area contributed by atoms with Crippen LogP contribution in [-0.4, -0.2) is 0 Å². The molecular formula is C5H11N. The Morgan fingerprint density at radius 1 is 1.50 bits per heavy atom. The van der Waals surface area contributed by atoms with E-state index in [0.29, 0.717) is 0 Å². The summed E-state index contributed by atoms with van der Waals surface area (Å²) in [5, 5.41) is 0. The molecule has 0 atom stereocenters. The Morgan fingerprint density at radius 2 is 1.67 bits per heavy atom. The lowest BCUT2D eigenvalue weighted by atomic mass is 10.7. The maximum absolute atomic E-state index is 4.85. The van der Waals surface area contributed by atoms with Crippen LogP contribution < -0.4 is 5.73 Å². The molecule has 0 heterocycles. The molecule has 0 bridgehead atoms. The molecule has 36 valence electrons.